The van der Waals surface area contributed by atoms with Crippen LogP contribution < -0.4 is 4.90 Å². The average molecular weight is 844 g/mol. The minimum atomic E-state index is -0.469. The summed E-state index contributed by atoms with van der Waals surface area (Å²) < 4.78 is 6.30. The van der Waals surface area contributed by atoms with Crippen LogP contribution in [0.3, 0.4) is 0 Å². The molecule has 0 amide bonds. The monoisotopic (exact) mass is 843 g/mol. The molecule has 0 aliphatic heterocycles. The van der Waals surface area contributed by atoms with Crippen molar-refractivity contribution in [3.63, 3.8) is 0 Å². The van der Waals surface area contributed by atoms with Crippen LogP contribution in [-0.4, -0.2) is 0 Å². The molecule has 0 radical (unpaired) electrons. The summed E-state index contributed by atoms with van der Waals surface area (Å²) in [7, 11) is 0. The molecule has 1 spiro atoms. The molecule has 0 fully saturated rings. The van der Waals surface area contributed by atoms with Gasteiger partial charge in [-0.25, -0.2) is 0 Å². The van der Waals surface area contributed by atoms with Gasteiger partial charge in [-0.3, -0.25) is 0 Å². The fourth-order valence-electron chi connectivity index (χ4n) is 11.4. The molecule has 1 aromatic heterocycles. The Hall–Kier alpha value is -8.20. The van der Waals surface area contributed by atoms with Gasteiger partial charge < -0.3 is 9.32 Å². The molecular formula is C64H45NO. The van der Waals surface area contributed by atoms with Crippen molar-refractivity contribution in [2.75, 3.05) is 4.90 Å². The third-order valence-electron chi connectivity index (χ3n) is 14.3. The Bertz CT molecular complexity index is 3670. The lowest BCUT2D eigenvalue weighted by Crippen LogP contribution is -2.27. The van der Waals surface area contributed by atoms with E-state index in [1.165, 1.54) is 83.5 Å². The first kappa shape index (κ1) is 38.3. The lowest BCUT2D eigenvalue weighted by atomic mass is 9.67. The summed E-state index contributed by atoms with van der Waals surface area (Å²) in [5.41, 5.74) is 26.4. The van der Waals surface area contributed by atoms with Crippen LogP contribution in [0, 0.1) is 20.8 Å². The third kappa shape index (κ3) is 5.68. The molecule has 0 saturated heterocycles. The summed E-state index contributed by atoms with van der Waals surface area (Å²) in [6.45, 7) is 6.74. The number of rotatable bonds is 6. The first-order valence-corrected chi connectivity index (χ1v) is 23.0. The average Bonchev–Trinajstić information content (AvgIpc) is 3.98. The van der Waals surface area contributed by atoms with Gasteiger partial charge in [-0.2, -0.15) is 0 Å². The van der Waals surface area contributed by atoms with Gasteiger partial charge >= 0.3 is 0 Å². The van der Waals surface area contributed by atoms with Gasteiger partial charge in [0.2, 0.25) is 0 Å². The van der Waals surface area contributed by atoms with Gasteiger partial charge in [0.05, 0.1) is 5.41 Å². The van der Waals surface area contributed by atoms with Gasteiger partial charge in [0, 0.05) is 27.8 Å². The van der Waals surface area contributed by atoms with Gasteiger partial charge in [0.25, 0.3) is 0 Å². The normalized spacial score (nSPS) is 12.9. The highest BCUT2D eigenvalue weighted by atomic mass is 16.3. The van der Waals surface area contributed by atoms with Gasteiger partial charge in [-0.1, -0.05) is 175 Å². The predicted molar refractivity (Wildman–Crippen MR) is 275 cm³/mol. The smallest absolute Gasteiger partial charge is 0.136 e. The Morgan fingerprint density at radius 3 is 1.59 bits per heavy atom. The predicted octanol–water partition coefficient (Wildman–Crippen LogP) is 17.3. The van der Waals surface area contributed by atoms with Gasteiger partial charge in [0.1, 0.15) is 11.2 Å². The van der Waals surface area contributed by atoms with E-state index in [1.807, 2.05) is 12.1 Å². The van der Waals surface area contributed by atoms with Crippen molar-refractivity contribution in [2.24, 2.45) is 0 Å². The number of fused-ring (bicyclic) bond motifs is 13. The first-order valence-electron chi connectivity index (χ1n) is 23.0. The van der Waals surface area contributed by atoms with E-state index < -0.39 is 5.41 Å². The molecule has 1 heterocycles. The topological polar surface area (TPSA) is 16.4 Å². The third-order valence-corrected chi connectivity index (χ3v) is 14.3. The van der Waals surface area contributed by atoms with E-state index >= 15 is 0 Å². The largest absolute Gasteiger partial charge is 0.456 e. The second-order valence-electron chi connectivity index (χ2n) is 18.2. The molecule has 0 atom stereocenters. The van der Waals surface area contributed by atoms with Crippen LogP contribution in [0.5, 0.6) is 0 Å². The molecule has 0 N–H and O–H groups in total. The SMILES string of the molecule is Cc1ccc2c(c1)-c1cc(C)ccc1C21c2c(C)cccc2-c2cccc(-c3cccc(N(c4ccc(-c5ccccc5)cc4)c4ccc(-c5ccc6c(c5)oc5ccccc56)cc4)c3)c21. The number of aryl methyl sites for hydroxylation is 3. The summed E-state index contributed by atoms with van der Waals surface area (Å²) >= 11 is 0. The molecular weight excluding hydrogens is 799 g/mol. The van der Waals surface area contributed by atoms with Crippen LogP contribution in [0.4, 0.5) is 17.1 Å². The molecule has 2 nitrogen and oxygen atoms in total. The highest BCUT2D eigenvalue weighted by Gasteiger charge is 2.53. The van der Waals surface area contributed by atoms with Crippen LogP contribution >= 0.6 is 0 Å². The zero-order valence-electron chi connectivity index (χ0n) is 37.1. The number of hydrogen-bond donors (Lipinski definition) is 0. The molecule has 11 aromatic rings. The summed E-state index contributed by atoms with van der Waals surface area (Å²) in [6.07, 6.45) is 0. The fraction of sp³-hybridized carbons (Fsp3) is 0.0625. The number of nitrogens with zero attached hydrogens (tertiary/aromatic N) is 1. The van der Waals surface area contributed by atoms with Crippen LogP contribution in [0.1, 0.15) is 38.9 Å². The van der Waals surface area contributed by atoms with E-state index in [0.29, 0.717) is 0 Å². The molecule has 13 rings (SSSR count). The van der Waals surface area contributed by atoms with E-state index in [4.69, 9.17) is 4.42 Å². The maximum atomic E-state index is 6.30. The molecule has 10 aromatic carbocycles. The lowest BCUT2D eigenvalue weighted by Gasteiger charge is -2.33. The van der Waals surface area contributed by atoms with Crippen LogP contribution in [0.2, 0.25) is 0 Å². The minimum Gasteiger partial charge on any atom is -0.456 e. The Kier molecular flexibility index (Phi) is 8.51. The quantitative estimate of drug-likeness (QED) is 0.166. The highest BCUT2D eigenvalue weighted by Crippen LogP contribution is 2.65. The van der Waals surface area contributed by atoms with Crippen molar-refractivity contribution in [1.82, 2.24) is 0 Å². The number of furan rings is 1. The zero-order valence-corrected chi connectivity index (χ0v) is 37.1. The van der Waals surface area contributed by atoms with E-state index in [1.54, 1.807) is 0 Å². The molecule has 0 saturated carbocycles. The van der Waals surface area contributed by atoms with Crippen LogP contribution in [0.15, 0.2) is 223 Å². The Labute approximate surface area is 385 Å². The maximum Gasteiger partial charge on any atom is 0.136 e. The van der Waals surface area contributed by atoms with E-state index in [-0.39, 0.29) is 0 Å². The Balaban J connectivity index is 0.978. The summed E-state index contributed by atoms with van der Waals surface area (Å²) in [4.78, 5) is 2.40. The van der Waals surface area contributed by atoms with Crippen molar-refractivity contribution >= 4 is 39.0 Å². The fourth-order valence-corrected chi connectivity index (χ4v) is 11.4. The zero-order chi connectivity index (χ0) is 44.1. The van der Waals surface area contributed by atoms with Crippen molar-refractivity contribution in [1.29, 1.82) is 0 Å². The van der Waals surface area contributed by atoms with Crippen molar-refractivity contribution in [2.45, 2.75) is 26.2 Å². The minimum absolute atomic E-state index is 0.469. The van der Waals surface area contributed by atoms with Crippen molar-refractivity contribution in [3.05, 3.63) is 257 Å². The molecule has 2 aliphatic carbocycles. The van der Waals surface area contributed by atoms with E-state index in [0.717, 1.165) is 50.1 Å². The molecule has 0 unspecified atom stereocenters. The van der Waals surface area contributed by atoms with Crippen LogP contribution in [0.25, 0.3) is 77.6 Å². The van der Waals surface area contributed by atoms with Crippen LogP contribution in [-0.2, 0) is 5.41 Å². The molecule has 66 heavy (non-hydrogen) atoms. The number of anilines is 3. The second kappa shape index (κ2) is 14.7. The summed E-state index contributed by atoms with van der Waals surface area (Å²) in [5.74, 6) is 0. The van der Waals surface area contributed by atoms with Gasteiger partial charge in [0.15, 0.2) is 0 Å². The molecule has 0 bridgehead atoms. The number of para-hydroxylation sites is 1. The molecule has 2 heteroatoms. The van der Waals surface area contributed by atoms with E-state index in [9.17, 15) is 0 Å². The Morgan fingerprint density at radius 2 is 0.879 bits per heavy atom. The Morgan fingerprint density at radius 1 is 0.333 bits per heavy atom. The summed E-state index contributed by atoms with van der Waals surface area (Å²) in [5, 5.41) is 2.28. The van der Waals surface area contributed by atoms with Gasteiger partial charge in [-0.05, 0) is 159 Å². The first-order chi connectivity index (χ1) is 32.4. The molecule has 2 aliphatic rings. The molecule has 312 valence electrons. The second-order valence-corrected chi connectivity index (χ2v) is 18.2. The maximum absolute atomic E-state index is 6.30. The van der Waals surface area contributed by atoms with Gasteiger partial charge in [-0.15, -0.1) is 0 Å². The lowest BCUT2D eigenvalue weighted by molar-refractivity contribution is 0.669. The summed E-state index contributed by atoms with van der Waals surface area (Å²) in [6, 6.07) is 80.7. The van der Waals surface area contributed by atoms with Crippen molar-refractivity contribution < 1.29 is 4.42 Å². The highest BCUT2D eigenvalue weighted by molar-refractivity contribution is 6.06. The van der Waals surface area contributed by atoms with E-state index in [2.05, 4.69) is 232 Å². The standard InChI is InChI=1S/C64H45NO/c1-40-22-34-58-56(36-40)57-37-41(2)23-35-59(57)64(58)62-42(3)12-9-19-54(62)55-20-11-18-51(63(55)64)47-15-10-16-50(38-47)65(48-29-24-44(25-30-48)43-13-5-4-6-14-43)49-31-26-45(27-32-49)46-28-33-53-52-17-7-8-21-60(52)66-61(53)39-46/h4-39H,1-3H3. The number of benzene rings is 10. The van der Waals surface area contributed by atoms with Crippen molar-refractivity contribution in [3.8, 4) is 55.6 Å². The number of hydrogen-bond acceptors (Lipinski definition) is 2.